The number of nitro groups is 1. The molecule has 7 nitrogen and oxygen atoms in total. The SMILES string of the molecule is CCN(CC1CCC1)S(=O)(=O)c1cccc(N)c1[N+](=O)[O-]. The Balaban J connectivity index is 2.42. The first-order valence-corrected chi connectivity index (χ1v) is 8.35. The normalized spacial score (nSPS) is 15.9. The minimum absolute atomic E-state index is 0.138. The van der Waals surface area contributed by atoms with E-state index in [9.17, 15) is 18.5 Å². The highest BCUT2D eigenvalue weighted by Gasteiger charge is 2.34. The van der Waals surface area contributed by atoms with Crippen molar-refractivity contribution in [3.63, 3.8) is 0 Å². The maximum Gasteiger partial charge on any atom is 0.312 e. The number of anilines is 1. The first kappa shape index (κ1) is 15.7. The summed E-state index contributed by atoms with van der Waals surface area (Å²) in [5, 5.41) is 11.1. The first-order valence-electron chi connectivity index (χ1n) is 6.91. The van der Waals surface area contributed by atoms with Crippen LogP contribution in [0.5, 0.6) is 0 Å². The largest absolute Gasteiger partial charge is 0.393 e. The van der Waals surface area contributed by atoms with Crippen LogP contribution in [0, 0.1) is 16.0 Å². The Morgan fingerprint density at radius 3 is 2.57 bits per heavy atom. The fraction of sp³-hybridized carbons (Fsp3) is 0.538. The number of hydrogen-bond acceptors (Lipinski definition) is 5. The van der Waals surface area contributed by atoms with Crippen molar-refractivity contribution in [2.24, 2.45) is 5.92 Å². The van der Waals surface area contributed by atoms with Gasteiger partial charge in [-0.15, -0.1) is 0 Å². The van der Waals surface area contributed by atoms with Gasteiger partial charge in [-0.1, -0.05) is 19.4 Å². The van der Waals surface area contributed by atoms with E-state index in [1.54, 1.807) is 6.92 Å². The van der Waals surface area contributed by atoms with Crippen molar-refractivity contribution in [1.29, 1.82) is 0 Å². The zero-order valence-corrected chi connectivity index (χ0v) is 12.7. The molecule has 8 heteroatoms. The fourth-order valence-corrected chi connectivity index (χ4v) is 4.15. The molecule has 0 bridgehead atoms. The van der Waals surface area contributed by atoms with E-state index >= 15 is 0 Å². The van der Waals surface area contributed by atoms with Crippen LogP contribution in [0.4, 0.5) is 11.4 Å². The van der Waals surface area contributed by atoms with Crippen LogP contribution in [0.15, 0.2) is 23.1 Å². The molecular weight excluding hydrogens is 294 g/mol. The number of nitro benzene ring substituents is 1. The second-order valence-corrected chi connectivity index (χ2v) is 7.11. The third-order valence-electron chi connectivity index (χ3n) is 3.87. The van der Waals surface area contributed by atoms with Gasteiger partial charge in [0.2, 0.25) is 10.0 Å². The molecule has 1 saturated carbocycles. The quantitative estimate of drug-likeness (QED) is 0.491. The zero-order chi connectivity index (χ0) is 15.6. The second kappa shape index (κ2) is 5.98. The summed E-state index contributed by atoms with van der Waals surface area (Å²) in [6.45, 7) is 2.42. The van der Waals surface area contributed by atoms with E-state index in [1.807, 2.05) is 0 Å². The number of nitrogens with two attached hydrogens (primary N) is 1. The monoisotopic (exact) mass is 313 g/mol. The predicted molar refractivity (Wildman–Crippen MR) is 79.3 cm³/mol. The summed E-state index contributed by atoms with van der Waals surface area (Å²) in [5.41, 5.74) is 4.90. The van der Waals surface area contributed by atoms with Gasteiger partial charge in [0.05, 0.1) is 4.92 Å². The summed E-state index contributed by atoms with van der Waals surface area (Å²) >= 11 is 0. The van der Waals surface area contributed by atoms with Gasteiger partial charge >= 0.3 is 5.69 Å². The van der Waals surface area contributed by atoms with Crippen LogP contribution in [0.2, 0.25) is 0 Å². The number of sulfonamides is 1. The van der Waals surface area contributed by atoms with Crippen molar-refractivity contribution in [3.8, 4) is 0 Å². The van der Waals surface area contributed by atoms with Gasteiger partial charge in [-0.2, -0.15) is 4.31 Å². The molecule has 1 aromatic carbocycles. The van der Waals surface area contributed by atoms with Crippen molar-refractivity contribution in [2.75, 3.05) is 18.8 Å². The first-order chi connectivity index (χ1) is 9.87. The van der Waals surface area contributed by atoms with E-state index in [0.717, 1.165) is 19.3 Å². The topological polar surface area (TPSA) is 107 Å². The molecule has 0 aromatic heterocycles. The van der Waals surface area contributed by atoms with Crippen molar-refractivity contribution >= 4 is 21.4 Å². The van der Waals surface area contributed by atoms with Crippen LogP contribution in [-0.2, 0) is 10.0 Å². The molecule has 0 saturated heterocycles. The molecule has 1 aliphatic rings. The van der Waals surface area contributed by atoms with Crippen molar-refractivity contribution in [3.05, 3.63) is 28.3 Å². The number of nitrogens with zero attached hydrogens (tertiary/aromatic N) is 2. The number of para-hydroxylation sites is 1. The van der Waals surface area contributed by atoms with Crippen LogP contribution in [-0.4, -0.2) is 30.7 Å². The van der Waals surface area contributed by atoms with Crippen LogP contribution in [0.3, 0.4) is 0 Å². The average Bonchev–Trinajstić information content (AvgIpc) is 2.36. The molecule has 2 N–H and O–H groups in total. The Kier molecular flexibility index (Phi) is 4.48. The fourth-order valence-electron chi connectivity index (χ4n) is 2.44. The van der Waals surface area contributed by atoms with E-state index in [-0.39, 0.29) is 17.1 Å². The lowest BCUT2D eigenvalue weighted by Gasteiger charge is -2.31. The van der Waals surface area contributed by atoms with Crippen LogP contribution >= 0.6 is 0 Å². The van der Waals surface area contributed by atoms with E-state index in [2.05, 4.69) is 0 Å². The second-order valence-electron chi connectivity index (χ2n) is 5.20. The van der Waals surface area contributed by atoms with Gasteiger partial charge in [0.25, 0.3) is 0 Å². The molecule has 0 spiro atoms. The molecule has 1 aromatic rings. The van der Waals surface area contributed by atoms with Crippen LogP contribution in [0.25, 0.3) is 0 Å². The van der Waals surface area contributed by atoms with Crippen molar-refractivity contribution in [1.82, 2.24) is 4.31 Å². The van der Waals surface area contributed by atoms with Gasteiger partial charge < -0.3 is 5.73 Å². The molecule has 0 unspecified atom stereocenters. The summed E-state index contributed by atoms with van der Waals surface area (Å²) in [5.74, 6) is 0.347. The lowest BCUT2D eigenvalue weighted by atomic mass is 9.85. The van der Waals surface area contributed by atoms with Gasteiger partial charge in [0.15, 0.2) is 4.90 Å². The summed E-state index contributed by atoms with van der Waals surface area (Å²) in [7, 11) is -3.91. The molecule has 1 aliphatic carbocycles. The van der Waals surface area contributed by atoms with Gasteiger partial charge in [-0.25, -0.2) is 8.42 Å². The predicted octanol–water partition coefficient (Wildman–Crippen LogP) is 1.99. The standard InChI is InChI=1S/C13H19N3O4S/c1-2-15(9-10-5-3-6-10)21(19,20)12-8-4-7-11(14)13(12)16(17)18/h4,7-8,10H,2-3,5-6,9,14H2,1H3. The molecule has 2 rings (SSSR count). The third kappa shape index (κ3) is 3.01. The Hall–Kier alpha value is -1.67. The molecule has 0 amide bonds. The Morgan fingerprint density at radius 1 is 1.43 bits per heavy atom. The van der Waals surface area contributed by atoms with E-state index in [0.29, 0.717) is 12.5 Å². The number of nitrogen functional groups attached to an aromatic ring is 1. The summed E-state index contributed by atoms with van der Waals surface area (Å²) in [6.07, 6.45) is 3.12. The van der Waals surface area contributed by atoms with Crippen LogP contribution in [0.1, 0.15) is 26.2 Å². The lowest BCUT2D eigenvalue weighted by molar-refractivity contribution is -0.386. The number of rotatable bonds is 6. The molecule has 0 atom stereocenters. The van der Waals surface area contributed by atoms with Gasteiger partial charge in [0.1, 0.15) is 5.69 Å². The minimum atomic E-state index is -3.91. The Morgan fingerprint density at radius 2 is 2.10 bits per heavy atom. The molecule has 0 aliphatic heterocycles. The Labute approximate surface area is 123 Å². The zero-order valence-electron chi connectivity index (χ0n) is 11.9. The van der Waals surface area contributed by atoms with Crippen molar-refractivity contribution < 1.29 is 13.3 Å². The molecule has 0 heterocycles. The van der Waals surface area contributed by atoms with E-state index < -0.39 is 20.6 Å². The Bertz CT molecular complexity index is 641. The summed E-state index contributed by atoms with van der Waals surface area (Å²) in [6, 6.07) is 4.00. The lowest BCUT2D eigenvalue weighted by Crippen LogP contribution is -2.37. The maximum atomic E-state index is 12.7. The van der Waals surface area contributed by atoms with E-state index in [4.69, 9.17) is 5.73 Å². The maximum absolute atomic E-state index is 12.7. The van der Waals surface area contributed by atoms with Crippen molar-refractivity contribution in [2.45, 2.75) is 31.1 Å². The van der Waals surface area contributed by atoms with Gasteiger partial charge in [-0.3, -0.25) is 10.1 Å². The summed E-state index contributed by atoms with van der Waals surface area (Å²) < 4.78 is 26.7. The molecule has 116 valence electrons. The summed E-state index contributed by atoms with van der Waals surface area (Å²) in [4.78, 5) is 10.1. The third-order valence-corrected chi connectivity index (χ3v) is 5.84. The van der Waals surface area contributed by atoms with Crippen LogP contribution < -0.4 is 5.73 Å². The molecule has 1 fully saturated rings. The van der Waals surface area contributed by atoms with E-state index in [1.165, 1.54) is 22.5 Å². The molecular formula is C13H19N3O4S. The molecule has 0 radical (unpaired) electrons. The highest BCUT2D eigenvalue weighted by atomic mass is 32.2. The van der Waals surface area contributed by atoms with Gasteiger partial charge in [0, 0.05) is 13.1 Å². The number of benzene rings is 1. The number of hydrogen-bond donors (Lipinski definition) is 1. The average molecular weight is 313 g/mol. The van der Waals surface area contributed by atoms with Gasteiger partial charge in [-0.05, 0) is 30.9 Å². The highest BCUT2D eigenvalue weighted by Crippen LogP contribution is 2.34. The molecule has 21 heavy (non-hydrogen) atoms. The minimum Gasteiger partial charge on any atom is -0.393 e. The smallest absolute Gasteiger partial charge is 0.312 e. The highest BCUT2D eigenvalue weighted by molar-refractivity contribution is 7.89.